The number of methoxy groups -OCH3 is 2. The summed E-state index contributed by atoms with van der Waals surface area (Å²) in [5, 5.41) is 10.9. The van der Waals surface area contributed by atoms with Gasteiger partial charge < -0.3 is 14.2 Å². The van der Waals surface area contributed by atoms with Crippen molar-refractivity contribution < 1.29 is 23.9 Å². The van der Waals surface area contributed by atoms with E-state index in [9.17, 15) is 14.9 Å². The van der Waals surface area contributed by atoms with Crippen LogP contribution in [0.3, 0.4) is 0 Å². The molecular weight excluding hydrogens is 254 g/mol. The van der Waals surface area contributed by atoms with Gasteiger partial charge in [-0.05, 0) is 6.92 Å². The molecule has 1 atom stereocenters. The highest BCUT2D eigenvalue weighted by Gasteiger charge is 2.19. The zero-order valence-electron chi connectivity index (χ0n) is 10.9. The number of carbonyl (C=O) groups excluding carboxylic acids is 1. The molecule has 0 aliphatic heterocycles. The smallest absolute Gasteiger partial charge is 0.283 e. The molecule has 0 saturated heterocycles. The second-order valence-electron chi connectivity index (χ2n) is 3.79. The molecule has 0 radical (unpaired) electrons. The first kappa shape index (κ1) is 14.9. The van der Waals surface area contributed by atoms with E-state index in [1.165, 1.54) is 26.4 Å². The van der Waals surface area contributed by atoms with Gasteiger partial charge in [0.25, 0.3) is 5.69 Å². The summed E-state index contributed by atoms with van der Waals surface area (Å²) in [5.74, 6) is 0.458. The Bertz CT molecular complexity index is 474. The van der Waals surface area contributed by atoms with Crippen molar-refractivity contribution in [1.29, 1.82) is 0 Å². The van der Waals surface area contributed by atoms with E-state index >= 15 is 0 Å². The Morgan fingerprint density at radius 1 is 1.37 bits per heavy atom. The van der Waals surface area contributed by atoms with Crippen LogP contribution in [0.5, 0.6) is 11.5 Å². The van der Waals surface area contributed by atoms with Crippen molar-refractivity contribution >= 4 is 12.0 Å². The lowest BCUT2D eigenvalue weighted by molar-refractivity contribution is -0.385. The molecule has 104 valence electrons. The van der Waals surface area contributed by atoms with Gasteiger partial charge in [0.15, 0.2) is 17.8 Å². The molecule has 0 aliphatic rings. The van der Waals surface area contributed by atoms with Crippen LogP contribution in [-0.4, -0.2) is 38.1 Å². The Labute approximate surface area is 110 Å². The summed E-state index contributed by atoms with van der Waals surface area (Å²) < 4.78 is 15.5. The third-order valence-corrected chi connectivity index (χ3v) is 2.51. The van der Waals surface area contributed by atoms with E-state index in [0.717, 1.165) is 0 Å². The van der Waals surface area contributed by atoms with Gasteiger partial charge in [-0.15, -0.1) is 0 Å². The van der Waals surface area contributed by atoms with Crippen molar-refractivity contribution in [3.05, 3.63) is 27.8 Å². The van der Waals surface area contributed by atoms with E-state index in [4.69, 9.17) is 14.2 Å². The summed E-state index contributed by atoms with van der Waals surface area (Å²) in [6.07, 6.45) is 0.233. The van der Waals surface area contributed by atoms with Crippen molar-refractivity contribution in [1.82, 2.24) is 0 Å². The topological polar surface area (TPSA) is 87.9 Å². The monoisotopic (exact) mass is 269 g/mol. The molecule has 1 unspecified atom stereocenters. The molecular formula is C12H15NO6. The second-order valence-corrected chi connectivity index (χ2v) is 3.79. The van der Waals surface area contributed by atoms with Crippen LogP contribution in [0.2, 0.25) is 0 Å². The van der Waals surface area contributed by atoms with E-state index in [2.05, 4.69) is 0 Å². The van der Waals surface area contributed by atoms with E-state index < -0.39 is 4.92 Å². The van der Waals surface area contributed by atoms with Crippen molar-refractivity contribution in [2.45, 2.75) is 13.0 Å². The molecule has 0 aromatic heterocycles. The summed E-state index contributed by atoms with van der Waals surface area (Å²) in [6.45, 7) is 2.01. The van der Waals surface area contributed by atoms with Crippen LogP contribution >= 0.6 is 0 Å². The average Bonchev–Trinajstić information content (AvgIpc) is 2.43. The van der Waals surface area contributed by atoms with Gasteiger partial charge in [0.1, 0.15) is 6.61 Å². The van der Waals surface area contributed by atoms with Crippen molar-refractivity contribution in [2.75, 3.05) is 20.8 Å². The third-order valence-electron chi connectivity index (χ3n) is 2.51. The molecule has 1 aromatic rings. The summed E-state index contributed by atoms with van der Waals surface area (Å²) in [5.41, 5.74) is -0.384. The van der Waals surface area contributed by atoms with Crippen LogP contribution in [0, 0.1) is 10.1 Å². The van der Waals surface area contributed by atoms with Crippen molar-refractivity contribution in [3.63, 3.8) is 0 Å². The molecule has 0 spiro atoms. The normalized spacial score (nSPS) is 11.7. The highest BCUT2D eigenvalue weighted by Crippen LogP contribution is 2.34. The molecule has 0 aliphatic carbocycles. The van der Waals surface area contributed by atoms with Crippen molar-refractivity contribution in [2.24, 2.45) is 0 Å². The van der Waals surface area contributed by atoms with Crippen LogP contribution in [0.1, 0.15) is 17.3 Å². The van der Waals surface area contributed by atoms with Crippen LogP contribution in [0.4, 0.5) is 5.69 Å². The summed E-state index contributed by atoms with van der Waals surface area (Å²) in [7, 11) is 2.92. The Kier molecular flexibility index (Phi) is 5.25. The van der Waals surface area contributed by atoms with Crippen LogP contribution < -0.4 is 9.47 Å². The zero-order valence-corrected chi connectivity index (χ0v) is 10.9. The maximum atomic E-state index is 10.9. The molecule has 1 aromatic carbocycles. The minimum atomic E-state index is -0.643. The number of nitrogens with zero attached hydrogens (tertiary/aromatic N) is 1. The van der Waals surface area contributed by atoms with Crippen LogP contribution in [0.25, 0.3) is 0 Å². The molecule has 0 bridgehead atoms. The number of hydrogen-bond donors (Lipinski definition) is 0. The Morgan fingerprint density at radius 3 is 2.53 bits per heavy atom. The quantitative estimate of drug-likeness (QED) is 0.426. The largest absolute Gasteiger partial charge is 0.493 e. The van der Waals surface area contributed by atoms with Gasteiger partial charge >= 0.3 is 0 Å². The lowest BCUT2D eigenvalue weighted by atomic mass is 10.1. The first-order chi connectivity index (χ1) is 9.03. The minimum Gasteiger partial charge on any atom is -0.493 e. The van der Waals surface area contributed by atoms with E-state index in [1.807, 2.05) is 0 Å². The van der Waals surface area contributed by atoms with Gasteiger partial charge in [-0.25, -0.2) is 0 Å². The predicted molar refractivity (Wildman–Crippen MR) is 67.0 cm³/mol. The fourth-order valence-electron chi connectivity index (χ4n) is 1.36. The summed E-state index contributed by atoms with van der Waals surface area (Å²) in [6, 6.07) is 2.45. The van der Waals surface area contributed by atoms with Gasteiger partial charge in [-0.3, -0.25) is 14.9 Å². The number of aldehydes is 1. The molecule has 7 nitrogen and oxygen atoms in total. The first-order valence-electron chi connectivity index (χ1n) is 5.50. The summed E-state index contributed by atoms with van der Waals surface area (Å²) >= 11 is 0. The lowest BCUT2D eigenvalue weighted by Gasteiger charge is -2.14. The number of benzene rings is 1. The predicted octanol–water partition coefficient (Wildman–Crippen LogP) is 1.83. The Hall–Kier alpha value is -2.15. The van der Waals surface area contributed by atoms with E-state index in [1.54, 1.807) is 6.92 Å². The summed E-state index contributed by atoms with van der Waals surface area (Å²) in [4.78, 5) is 21.0. The SMILES string of the molecule is COc1cc(C=O)c([N+](=O)[O-])cc1OCC(C)OC. The maximum absolute atomic E-state index is 10.9. The highest BCUT2D eigenvalue weighted by molar-refractivity contribution is 5.83. The molecule has 0 heterocycles. The Morgan fingerprint density at radius 2 is 2.05 bits per heavy atom. The number of rotatable bonds is 7. The fourth-order valence-corrected chi connectivity index (χ4v) is 1.36. The number of carbonyl (C=O) groups is 1. The van der Waals surface area contributed by atoms with Crippen molar-refractivity contribution in [3.8, 4) is 11.5 Å². The second kappa shape index (κ2) is 6.69. The number of hydrogen-bond acceptors (Lipinski definition) is 6. The highest BCUT2D eigenvalue weighted by atomic mass is 16.6. The van der Waals surface area contributed by atoms with Gasteiger partial charge in [0, 0.05) is 13.2 Å². The van der Waals surface area contributed by atoms with Gasteiger partial charge in [-0.1, -0.05) is 0 Å². The van der Waals surface area contributed by atoms with E-state index in [-0.39, 0.29) is 35.5 Å². The first-order valence-corrected chi connectivity index (χ1v) is 5.50. The molecule has 0 saturated carbocycles. The van der Waals surface area contributed by atoms with Gasteiger partial charge in [0.05, 0.1) is 29.8 Å². The number of nitro groups is 1. The molecule has 0 fully saturated rings. The maximum Gasteiger partial charge on any atom is 0.283 e. The number of ether oxygens (including phenoxy) is 3. The average molecular weight is 269 g/mol. The molecule has 0 N–H and O–H groups in total. The number of nitro benzene ring substituents is 1. The third kappa shape index (κ3) is 3.65. The lowest BCUT2D eigenvalue weighted by Crippen LogP contribution is -2.16. The van der Waals surface area contributed by atoms with Crippen LogP contribution in [-0.2, 0) is 4.74 Å². The molecule has 1 rings (SSSR count). The van der Waals surface area contributed by atoms with Gasteiger partial charge in [0.2, 0.25) is 0 Å². The molecule has 19 heavy (non-hydrogen) atoms. The van der Waals surface area contributed by atoms with Gasteiger partial charge in [-0.2, -0.15) is 0 Å². The molecule has 7 heteroatoms. The fraction of sp³-hybridized carbons (Fsp3) is 0.417. The molecule has 0 amide bonds. The Balaban J connectivity index is 3.11. The van der Waals surface area contributed by atoms with Crippen LogP contribution in [0.15, 0.2) is 12.1 Å². The zero-order chi connectivity index (χ0) is 14.4. The van der Waals surface area contributed by atoms with E-state index in [0.29, 0.717) is 6.29 Å². The standard InChI is InChI=1S/C12H15NO6/c1-8(17-2)7-19-12-5-10(13(15)16)9(6-14)4-11(12)18-3/h4-6,8H,7H2,1-3H3. The minimum absolute atomic E-state index is 0.0611.